The highest BCUT2D eigenvalue weighted by molar-refractivity contribution is 5.42. The number of rotatable bonds is 7. The van der Waals surface area contributed by atoms with Crippen LogP contribution in [0.25, 0.3) is 0 Å². The monoisotopic (exact) mass is 251 g/mol. The highest BCUT2D eigenvalue weighted by Gasteiger charge is 2.18. The third-order valence-electron chi connectivity index (χ3n) is 3.40. The van der Waals surface area contributed by atoms with E-state index in [9.17, 15) is 5.11 Å². The van der Waals surface area contributed by atoms with E-state index in [0.29, 0.717) is 11.8 Å². The number of hydrogen-bond donors (Lipinski definition) is 1. The summed E-state index contributed by atoms with van der Waals surface area (Å²) in [7, 11) is 1.59. The van der Waals surface area contributed by atoms with Gasteiger partial charge in [-0.25, -0.2) is 0 Å². The molecular weight excluding hydrogens is 226 g/mol. The van der Waals surface area contributed by atoms with Crippen LogP contribution in [-0.4, -0.2) is 30.2 Å². The van der Waals surface area contributed by atoms with Gasteiger partial charge in [-0.1, -0.05) is 33.3 Å². The Morgan fingerprint density at radius 2 is 1.89 bits per heavy atom. The molecule has 1 N–H and O–H groups in total. The van der Waals surface area contributed by atoms with Crippen LogP contribution in [0.2, 0.25) is 0 Å². The number of phenolic OH excluding ortho intramolecular Hbond substituents is 1. The highest BCUT2D eigenvalue weighted by Crippen LogP contribution is 2.33. The molecule has 3 nitrogen and oxygen atoms in total. The van der Waals surface area contributed by atoms with Crippen LogP contribution in [0.4, 0.5) is 0 Å². The molecule has 0 heterocycles. The van der Waals surface area contributed by atoms with Gasteiger partial charge in [-0.2, -0.15) is 0 Å². The predicted molar refractivity (Wildman–Crippen MR) is 75.2 cm³/mol. The Kier molecular flexibility index (Phi) is 5.99. The molecule has 102 valence electrons. The van der Waals surface area contributed by atoms with Gasteiger partial charge < -0.3 is 9.84 Å². The molecule has 1 atom stereocenters. The zero-order chi connectivity index (χ0) is 13.5. The lowest BCUT2D eigenvalue weighted by Gasteiger charge is -2.30. The second kappa shape index (κ2) is 7.27. The maximum absolute atomic E-state index is 9.66. The predicted octanol–water partition coefficient (Wildman–Crippen LogP) is 3.58. The number of benzene rings is 1. The minimum absolute atomic E-state index is 0.205. The van der Waals surface area contributed by atoms with Crippen LogP contribution in [0.15, 0.2) is 18.2 Å². The number of nitrogens with zero attached hydrogens (tertiary/aromatic N) is 1. The average Bonchev–Trinajstić information content (AvgIpc) is 2.40. The van der Waals surface area contributed by atoms with Gasteiger partial charge in [0.2, 0.25) is 0 Å². The maximum atomic E-state index is 9.66. The summed E-state index contributed by atoms with van der Waals surface area (Å²) in [4.78, 5) is 2.44. The van der Waals surface area contributed by atoms with Gasteiger partial charge in [-0.3, -0.25) is 4.90 Å². The summed E-state index contributed by atoms with van der Waals surface area (Å²) < 4.78 is 5.19. The molecule has 0 aliphatic carbocycles. The van der Waals surface area contributed by atoms with E-state index in [1.54, 1.807) is 13.2 Å². The fourth-order valence-electron chi connectivity index (χ4n) is 2.40. The van der Waals surface area contributed by atoms with Crippen molar-refractivity contribution in [2.45, 2.75) is 39.7 Å². The Balaban J connectivity index is 3.04. The van der Waals surface area contributed by atoms with Crippen molar-refractivity contribution < 1.29 is 9.84 Å². The van der Waals surface area contributed by atoms with Crippen molar-refractivity contribution in [2.24, 2.45) is 0 Å². The zero-order valence-corrected chi connectivity index (χ0v) is 11.9. The number of hydrogen-bond acceptors (Lipinski definition) is 3. The SMILES string of the molecule is CCCC(c1ccc(O)c(OC)c1)N(CC)CC. The standard InChI is InChI=1S/C15H25NO2/c1-5-8-13(16(6-2)7-3)12-9-10-14(17)15(11-12)18-4/h9-11,13,17H,5-8H2,1-4H3. The van der Waals surface area contributed by atoms with Crippen LogP contribution in [0.1, 0.15) is 45.2 Å². The molecule has 1 aromatic rings. The van der Waals surface area contributed by atoms with E-state index in [2.05, 4.69) is 25.7 Å². The maximum Gasteiger partial charge on any atom is 0.160 e. The summed E-state index contributed by atoms with van der Waals surface area (Å²) in [6, 6.07) is 6.07. The molecule has 18 heavy (non-hydrogen) atoms. The van der Waals surface area contributed by atoms with E-state index in [1.807, 2.05) is 12.1 Å². The molecular formula is C15H25NO2. The first kappa shape index (κ1) is 14.8. The molecule has 0 radical (unpaired) electrons. The van der Waals surface area contributed by atoms with Gasteiger partial charge in [-0.15, -0.1) is 0 Å². The fourth-order valence-corrected chi connectivity index (χ4v) is 2.40. The Morgan fingerprint density at radius 1 is 1.22 bits per heavy atom. The summed E-state index contributed by atoms with van der Waals surface area (Å²) in [5, 5.41) is 9.66. The topological polar surface area (TPSA) is 32.7 Å². The lowest BCUT2D eigenvalue weighted by Crippen LogP contribution is -2.28. The first-order chi connectivity index (χ1) is 8.67. The second-order valence-corrected chi connectivity index (χ2v) is 4.46. The Hall–Kier alpha value is -1.22. The first-order valence-electron chi connectivity index (χ1n) is 6.78. The minimum Gasteiger partial charge on any atom is -0.504 e. The number of phenols is 1. The van der Waals surface area contributed by atoms with E-state index in [4.69, 9.17) is 4.74 Å². The normalized spacial score (nSPS) is 12.7. The van der Waals surface area contributed by atoms with Gasteiger partial charge in [0.25, 0.3) is 0 Å². The minimum atomic E-state index is 0.205. The van der Waals surface area contributed by atoms with Crippen molar-refractivity contribution in [3.63, 3.8) is 0 Å². The Bertz CT molecular complexity index is 362. The zero-order valence-electron chi connectivity index (χ0n) is 11.9. The molecule has 0 bridgehead atoms. The van der Waals surface area contributed by atoms with Crippen molar-refractivity contribution in [1.29, 1.82) is 0 Å². The van der Waals surface area contributed by atoms with Gasteiger partial charge in [0.05, 0.1) is 7.11 Å². The molecule has 0 aliphatic heterocycles. The third-order valence-corrected chi connectivity index (χ3v) is 3.40. The highest BCUT2D eigenvalue weighted by atomic mass is 16.5. The van der Waals surface area contributed by atoms with Crippen molar-refractivity contribution >= 4 is 0 Å². The number of aromatic hydroxyl groups is 1. The molecule has 0 saturated heterocycles. The average molecular weight is 251 g/mol. The van der Waals surface area contributed by atoms with Crippen LogP contribution in [0.5, 0.6) is 11.5 Å². The van der Waals surface area contributed by atoms with Crippen LogP contribution in [0, 0.1) is 0 Å². The number of ether oxygens (including phenoxy) is 1. The van der Waals surface area contributed by atoms with Gasteiger partial charge in [-0.05, 0) is 37.2 Å². The molecule has 1 aromatic carbocycles. The Morgan fingerprint density at radius 3 is 2.39 bits per heavy atom. The fraction of sp³-hybridized carbons (Fsp3) is 0.600. The lowest BCUT2D eigenvalue weighted by molar-refractivity contribution is 0.206. The smallest absolute Gasteiger partial charge is 0.160 e. The van der Waals surface area contributed by atoms with Gasteiger partial charge in [0.1, 0.15) is 0 Å². The van der Waals surface area contributed by atoms with E-state index in [-0.39, 0.29) is 5.75 Å². The summed E-state index contributed by atoms with van der Waals surface area (Å²) in [5.74, 6) is 0.761. The van der Waals surface area contributed by atoms with Gasteiger partial charge >= 0.3 is 0 Å². The first-order valence-corrected chi connectivity index (χ1v) is 6.78. The summed E-state index contributed by atoms with van der Waals surface area (Å²) in [6.45, 7) is 8.64. The Labute approximate surface area is 110 Å². The van der Waals surface area contributed by atoms with E-state index in [1.165, 1.54) is 5.56 Å². The summed E-state index contributed by atoms with van der Waals surface area (Å²) in [6.07, 6.45) is 2.26. The van der Waals surface area contributed by atoms with Crippen LogP contribution in [0.3, 0.4) is 0 Å². The molecule has 3 heteroatoms. The van der Waals surface area contributed by atoms with E-state index >= 15 is 0 Å². The van der Waals surface area contributed by atoms with E-state index < -0.39 is 0 Å². The van der Waals surface area contributed by atoms with Gasteiger partial charge in [0, 0.05) is 6.04 Å². The lowest BCUT2D eigenvalue weighted by atomic mass is 10.00. The molecule has 0 aromatic heterocycles. The second-order valence-electron chi connectivity index (χ2n) is 4.46. The van der Waals surface area contributed by atoms with Crippen molar-refractivity contribution in [3.8, 4) is 11.5 Å². The largest absolute Gasteiger partial charge is 0.504 e. The van der Waals surface area contributed by atoms with Crippen molar-refractivity contribution in [1.82, 2.24) is 4.90 Å². The molecule has 1 unspecified atom stereocenters. The van der Waals surface area contributed by atoms with Crippen molar-refractivity contribution in [2.75, 3.05) is 20.2 Å². The molecule has 0 fully saturated rings. The van der Waals surface area contributed by atoms with E-state index in [0.717, 1.165) is 25.9 Å². The van der Waals surface area contributed by atoms with Crippen LogP contribution < -0.4 is 4.74 Å². The molecule has 0 spiro atoms. The van der Waals surface area contributed by atoms with Gasteiger partial charge in [0.15, 0.2) is 11.5 Å². The quantitative estimate of drug-likeness (QED) is 0.804. The molecule has 0 aliphatic rings. The van der Waals surface area contributed by atoms with Crippen molar-refractivity contribution in [3.05, 3.63) is 23.8 Å². The van der Waals surface area contributed by atoms with Crippen LogP contribution >= 0.6 is 0 Å². The molecule has 0 saturated carbocycles. The summed E-state index contributed by atoms with van der Waals surface area (Å²) in [5.41, 5.74) is 1.22. The summed E-state index contributed by atoms with van der Waals surface area (Å²) >= 11 is 0. The molecule has 1 rings (SSSR count). The molecule has 0 amide bonds. The third kappa shape index (κ3) is 3.39. The number of methoxy groups -OCH3 is 1. The van der Waals surface area contributed by atoms with Crippen LogP contribution in [-0.2, 0) is 0 Å².